The van der Waals surface area contributed by atoms with Crippen LogP contribution >= 0.6 is 0 Å². The molecule has 0 aliphatic carbocycles. The molecule has 104 valence electrons. The topological polar surface area (TPSA) is 30.3 Å². The Kier molecular flexibility index (Phi) is 3.37. The lowest BCUT2D eigenvalue weighted by Gasteiger charge is -2.27. The summed E-state index contributed by atoms with van der Waals surface area (Å²) < 4.78 is 0. The van der Waals surface area contributed by atoms with Gasteiger partial charge in [0.25, 0.3) is 0 Å². The summed E-state index contributed by atoms with van der Waals surface area (Å²) in [7, 11) is 1.94. The molecule has 0 amide bonds. The molecule has 0 fully saturated rings. The molecular formula is C18H17N3. The molecular weight excluding hydrogens is 258 g/mol. The van der Waals surface area contributed by atoms with Crippen molar-refractivity contribution in [1.29, 1.82) is 5.26 Å². The number of nitrogens with zero attached hydrogens (tertiary/aromatic N) is 3. The molecule has 0 saturated heterocycles. The molecule has 1 aliphatic rings. The van der Waals surface area contributed by atoms with Gasteiger partial charge in [0.2, 0.25) is 0 Å². The molecule has 2 aromatic rings. The largest absolute Gasteiger partial charge is 0.344 e. The van der Waals surface area contributed by atoms with Crippen molar-refractivity contribution in [2.24, 2.45) is 0 Å². The normalized spacial score (nSPS) is 17.6. The van der Waals surface area contributed by atoms with Crippen LogP contribution < -0.4 is 4.90 Å². The Balaban J connectivity index is 1.89. The Morgan fingerprint density at radius 1 is 0.952 bits per heavy atom. The van der Waals surface area contributed by atoms with Gasteiger partial charge in [-0.1, -0.05) is 42.5 Å². The Bertz CT molecular complexity index is 695. The van der Waals surface area contributed by atoms with Crippen LogP contribution in [0.4, 0.5) is 5.69 Å². The highest BCUT2D eigenvalue weighted by molar-refractivity contribution is 5.67. The van der Waals surface area contributed by atoms with Crippen LogP contribution in [0.1, 0.15) is 6.92 Å². The molecule has 3 nitrogen and oxygen atoms in total. The molecule has 0 aromatic heterocycles. The van der Waals surface area contributed by atoms with Crippen LogP contribution in [0, 0.1) is 11.3 Å². The molecule has 1 heterocycles. The lowest BCUT2D eigenvalue weighted by atomic mass is 10.1. The van der Waals surface area contributed by atoms with E-state index in [-0.39, 0.29) is 6.17 Å². The van der Waals surface area contributed by atoms with E-state index in [4.69, 9.17) is 5.26 Å². The van der Waals surface area contributed by atoms with Crippen LogP contribution in [0.3, 0.4) is 0 Å². The summed E-state index contributed by atoms with van der Waals surface area (Å²) in [5.74, 6) is 0. The van der Waals surface area contributed by atoms with Crippen LogP contribution in [0.2, 0.25) is 0 Å². The Morgan fingerprint density at radius 2 is 1.57 bits per heavy atom. The molecule has 3 rings (SSSR count). The van der Waals surface area contributed by atoms with Gasteiger partial charge in [-0.2, -0.15) is 5.26 Å². The van der Waals surface area contributed by atoms with Gasteiger partial charge in [-0.15, -0.1) is 0 Å². The Labute approximate surface area is 125 Å². The molecule has 0 saturated carbocycles. The molecule has 0 N–H and O–H groups in total. The average molecular weight is 275 g/mol. The van der Waals surface area contributed by atoms with Crippen molar-refractivity contribution in [2.75, 3.05) is 11.9 Å². The van der Waals surface area contributed by atoms with Crippen LogP contribution in [0.25, 0.3) is 11.1 Å². The van der Waals surface area contributed by atoms with E-state index in [0.717, 1.165) is 5.69 Å². The summed E-state index contributed by atoms with van der Waals surface area (Å²) in [5.41, 5.74) is 4.20. The van der Waals surface area contributed by atoms with Gasteiger partial charge < -0.3 is 9.80 Å². The summed E-state index contributed by atoms with van der Waals surface area (Å²) in [6.45, 7) is 2.09. The maximum atomic E-state index is 9.13. The fraction of sp³-hybridized carbons (Fsp3) is 0.167. The average Bonchev–Trinajstić information content (AvgIpc) is 2.84. The molecule has 0 radical (unpaired) electrons. The van der Waals surface area contributed by atoms with E-state index >= 15 is 0 Å². The molecule has 1 aliphatic heterocycles. The molecule has 2 aromatic carbocycles. The summed E-state index contributed by atoms with van der Waals surface area (Å²) in [5, 5.41) is 9.13. The predicted octanol–water partition coefficient (Wildman–Crippen LogP) is 3.82. The number of rotatable bonds is 2. The maximum absolute atomic E-state index is 9.13. The number of hydrogen-bond acceptors (Lipinski definition) is 3. The van der Waals surface area contributed by atoms with Crippen molar-refractivity contribution in [3.63, 3.8) is 0 Å². The van der Waals surface area contributed by atoms with Crippen LogP contribution in [0.5, 0.6) is 0 Å². The second kappa shape index (κ2) is 5.34. The minimum Gasteiger partial charge on any atom is -0.344 e. The number of anilines is 1. The van der Waals surface area contributed by atoms with Crippen molar-refractivity contribution in [3.8, 4) is 17.2 Å². The molecule has 1 atom stereocenters. The first-order chi connectivity index (χ1) is 10.2. The van der Waals surface area contributed by atoms with Gasteiger partial charge >= 0.3 is 0 Å². The third-order valence-corrected chi connectivity index (χ3v) is 3.99. The van der Waals surface area contributed by atoms with Gasteiger partial charge in [0.05, 0.1) is 0 Å². The highest BCUT2D eigenvalue weighted by atomic mass is 15.4. The van der Waals surface area contributed by atoms with Gasteiger partial charge in [-0.05, 0) is 30.2 Å². The van der Waals surface area contributed by atoms with Gasteiger partial charge in [-0.3, -0.25) is 0 Å². The van der Waals surface area contributed by atoms with Crippen molar-refractivity contribution >= 4 is 5.69 Å². The number of benzene rings is 2. The molecule has 0 spiro atoms. The van der Waals surface area contributed by atoms with Crippen molar-refractivity contribution in [2.45, 2.75) is 13.1 Å². The molecule has 0 unspecified atom stereocenters. The van der Waals surface area contributed by atoms with E-state index in [2.05, 4.69) is 54.3 Å². The number of hydrogen-bond donors (Lipinski definition) is 0. The van der Waals surface area contributed by atoms with Crippen molar-refractivity contribution in [3.05, 3.63) is 66.5 Å². The van der Waals surface area contributed by atoms with E-state index in [1.54, 1.807) is 0 Å². The predicted molar refractivity (Wildman–Crippen MR) is 85.3 cm³/mol. The zero-order chi connectivity index (χ0) is 14.8. The minimum absolute atomic E-state index is 0.155. The molecule has 3 heteroatoms. The van der Waals surface area contributed by atoms with Crippen LogP contribution in [-0.2, 0) is 0 Å². The van der Waals surface area contributed by atoms with Gasteiger partial charge in [0.15, 0.2) is 0 Å². The number of allylic oxidation sites excluding steroid dienone is 1. The van der Waals surface area contributed by atoms with E-state index < -0.39 is 0 Å². The summed E-state index contributed by atoms with van der Waals surface area (Å²) in [6.07, 6.45) is 2.06. The van der Waals surface area contributed by atoms with Gasteiger partial charge in [0, 0.05) is 18.9 Å². The first-order valence-electron chi connectivity index (χ1n) is 6.99. The third-order valence-electron chi connectivity index (χ3n) is 3.99. The monoisotopic (exact) mass is 275 g/mol. The van der Waals surface area contributed by atoms with Crippen molar-refractivity contribution in [1.82, 2.24) is 4.90 Å². The minimum atomic E-state index is 0.155. The van der Waals surface area contributed by atoms with Crippen molar-refractivity contribution < 1.29 is 0 Å². The van der Waals surface area contributed by atoms with E-state index in [1.165, 1.54) is 11.1 Å². The Hall–Kier alpha value is -2.73. The fourth-order valence-corrected chi connectivity index (χ4v) is 2.57. The van der Waals surface area contributed by atoms with E-state index in [1.807, 2.05) is 36.3 Å². The maximum Gasteiger partial charge on any atom is 0.134 e. The summed E-state index contributed by atoms with van der Waals surface area (Å²) in [6, 6.07) is 21.0. The highest BCUT2D eigenvalue weighted by Gasteiger charge is 2.26. The van der Waals surface area contributed by atoms with Crippen LogP contribution in [0.15, 0.2) is 66.5 Å². The highest BCUT2D eigenvalue weighted by Crippen LogP contribution is 2.29. The molecule has 0 bridgehead atoms. The zero-order valence-corrected chi connectivity index (χ0v) is 12.2. The second-order valence-electron chi connectivity index (χ2n) is 5.19. The first-order valence-corrected chi connectivity index (χ1v) is 6.99. The first kappa shape index (κ1) is 13.3. The standard InChI is InChI=1S/C18H17N3/c1-14-20(2)18(12-19)13-21(14)17-10-8-16(9-11-17)15-6-4-3-5-7-15/h3-11,13-14H,1-2H3/t14-/m0/s1. The third kappa shape index (κ3) is 2.36. The lowest BCUT2D eigenvalue weighted by Crippen LogP contribution is -2.34. The van der Waals surface area contributed by atoms with Gasteiger partial charge in [-0.25, -0.2) is 0 Å². The SMILES string of the molecule is C[C@H]1N(C)C(C#N)=CN1c1ccc(-c2ccccc2)cc1. The Morgan fingerprint density at radius 3 is 2.14 bits per heavy atom. The summed E-state index contributed by atoms with van der Waals surface area (Å²) in [4.78, 5) is 4.10. The summed E-state index contributed by atoms with van der Waals surface area (Å²) >= 11 is 0. The van der Waals surface area contributed by atoms with E-state index in [9.17, 15) is 0 Å². The van der Waals surface area contributed by atoms with Crippen LogP contribution in [-0.4, -0.2) is 18.1 Å². The molecule has 21 heavy (non-hydrogen) atoms. The fourth-order valence-electron chi connectivity index (χ4n) is 2.57. The quantitative estimate of drug-likeness (QED) is 0.834. The van der Waals surface area contributed by atoms with E-state index in [0.29, 0.717) is 5.70 Å². The van der Waals surface area contributed by atoms with Gasteiger partial charge in [0.1, 0.15) is 17.9 Å². The second-order valence-corrected chi connectivity index (χ2v) is 5.19. The lowest BCUT2D eigenvalue weighted by molar-refractivity contribution is 0.367. The smallest absolute Gasteiger partial charge is 0.134 e. The zero-order valence-electron chi connectivity index (χ0n) is 12.2. The number of nitriles is 1.